The molecule has 0 spiro atoms. The van der Waals surface area contributed by atoms with Crippen LogP contribution in [-0.4, -0.2) is 24.8 Å². The van der Waals surface area contributed by atoms with E-state index in [0.717, 1.165) is 19.7 Å². The highest BCUT2D eigenvalue weighted by molar-refractivity contribution is 4.54. The van der Waals surface area contributed by atoms with E-state index in [0.29, 0.717) is 17.8 Å². The van der Waals surface area contributed by atoms with Gasteiger partial charge >= 0.3 is 0 Å². The molecule has 2 heteroatoms. The second-order valence-electron chi connectivity index (χ2n) is 5.32. The zero-order chi connectivity index (χ0) is 11.1. The lowest BCUT2D eigenvalue weighted by Gasteiger charge is -2.26. The smallest absolute Gasteiger partial charge is 0.0708 e. The first-order valence-corrected chi connectivity index (χ1v) is 5.79. The molecule has 0 N–H and O–H groups in total. The monoisotopic (exact) mass is 201 g/mol. The molecule has 0 rings (SSSR count). The minimum Gasteiger partial charge on any atom is -0.299 e. The Kier molecular flexibility index (Phi) is 7.20. The summed E-state index contributed by atoms with van der Waals surface area (Å²) >= 11 is 0. The van der Waals surface area contributed by atoms with Crippen molar-refractivity contribution in [2.45, 2.75) is 41.5 Å². The highest BCUT2D eigenvalue weighted by atomic mass is 16.7. The zero-order valence-electron chi connectivity index (χ0n) is 10.7. The summed E-state index contributed by atoms with van der Waals surface area (Å²) in [5.74, 6) is 1.94. The summed E-state index contributed by atoms with van der Waals surface area (Å²) in [6, 6.07) is 0. The zero-order valence-corrected chi connectivity index (χ0v) is 10.7. The first-order valence-electron chi connectivity index (χ1n) is 5.79. The predicted octanol–water partition coefficient (Wildman–Crippen LogP) is 3.19. The number of nitrogens with zero attached hydrogens (tertiary/aromatic N) is 1. The third kappa shape index (κ3) is 8.52. The van der Waals surface area contributed by atoms with Crippen LogP contribution in [0.15, 0.2) is 0 Å². The minimum atomic E-state index is 0.608. The molecule has 0 aromatic rings. The van der Waals surface area contributed by atoms with E-state index < -0.39 is 0 Å². The normalized spacial score (nSPS) is 12.4. The van der Waals surface area contributed by atoms with Crippen molar-refractivity contribution in [2.75, 3.05) is 19.7 Å². The van der Waals surface area contributed by atoms with Crippen LogP contribution in [0.1, 0.15) is 41.5 Å². The Morgan fingerprint density at radius 3 is 1.50 bits per heavy atom. The fourth-order valence-corrected chi connectivity index (χ4v) is 1.25. The maximum Gasteiger partial charge on any atom is 0.0708 e. The number of hydrogen-bond acceptors (Lipinski definition) is 2. The SMILES string of the molecule is CC(C)CON(CC(C)C)CC(C)C. The third-order valence-electron chi connectivity index (χ3n) is 1.73. The van der Waals surface area contributed by atoms with Crippen LogP contribution in [0.5, 0.6) is 0 Å². The third-order valence-corrected chi connectivity index (χ3v) is 1.73. The van der Waals surface area contributed by atoms with Gasteiger partial charge in [-0.25, -0.2) is 0 Å². The Labute approximate surface area is 89.6 Å². The molecule has 2 nitrogen and oxygen atoms in total. The molecular weight excluding hydrogens is 174 g/mol. The van der Waals surface area contributed by atoms with Gasteiger partial charge in [0.2, 0.25) is 0 Å². The van der Waals surface area contributed by atoms with Crippen LogP contribution in [0.4, 0.5) is 0 Å². The van der Waals surface area contributed by atoms with E-state index in [1.165, 1.54) is 0 Å². The number of rotatable bonds is 7. The van der Waals surface area contributed by atoms with Crippen LogP contribution in [0.2, 0.25) is 0 Å². The molecule has 0 aromatic carbocycles. The average molecular weight is 201 g/mol. The molecule has 0 aromatic heterocycles. The molecular formula is C12H27NO. The summed E-state index contributed by atoms with van der Waals surface area (Å²) < 4.78 is 0. The molecule has 0 aliphatic carbocycles. The molecule has 0 atom stereocenters. The van der Waals surface area contributed by atoms with Gasteiger partial charge in [-0.05, 0) is 17.8 Å². The Hall–Kier alpha value is -0.0800. The quantitative estimate of drug-likeness (QED) is 0.587. The van der Waals surface area contributed by atoms with Crippen LogP contribution >= 0.6 is 0 Å². The molecule has 0 saturated heterocycles. The summed E-state index contributed by atoms with van der Waals surface area (Å²) in [6.07, 6.45) is 0. The van der Waals surface area contributed by atoms with Crippen LogP contribution in [-0.2, 0) is 4.84 Å². The van der Waals surface area contributed by atoms with Crippen molar-refractivity contribution in [2.24, 2.45) is 17.8 Å². The standard InChI is InChI=1S/C12H27NO/c1-10(2)7-13(8-11(3)4)14-9-12(5)6/h10-12H,7-9H2,1-6H3. The Morgan fingerprint density at radius 1 is 0.786 bits per heavy atom. The first kappa shape index (κ1) is 13.9. The van der Waals surface area contributed by atoms with Gasteiger partial charge in [-0.2, -0.15) is 5.06 Å². The molecule has 0 fully saturated rings. The van der Waals surface area contributed by atoms with Crippen molar-refractivity contribution in [1.29, 1.82) is 0 Å². The largest absolute Gasteiger partial charge is 0.299 e. The van der Waals surface area contributed by atoms with Gasteiger partial charge in [-0.3, -0.25) is 4.84 Å². The second kappa shape index (κ2) is 7.24. The molecule has 14 heavy (non-hydrogen) atoms. The molecule has 0 bridgehead atoms. The fourth-order valence-electron chi connectivity index (χ4n) is 1.25. The van der Waals surface area contributed by atoms with E-state index in [2.05, 4.69) is 46.6 Å². The maximum atomic E-state index is 5.76. The Morgan fingerprint density at radius 2 is 1.21 bits per heavy atom. The van der Waals surface area contributed by atoms with E-state index in [9.17, 15) is 0 Å². The van der Waals surface area contributed by atoms with E-state index in [-0.39, 0.29) is 0 Å². The van der Waals surface area contributed by atoms with Crippen molar-refractivity contribution in [3.63, 3.8) is 0 Å². The van der Waals surface area contributed by atoms with Crippen molar-refractivity contribution < 1.29 is 4.84 Å². The van der Waals surface area contributed by atoms with Gasteiger partial charge in [0.1, 0.15) is 0 Å². The molecule has 0 aliphatic rings. The topological polar surface area (TPSA) is 12.5 Å². The van der Waals surface area contributed by atoms with Crippen molar-refractivity contribution in [1.82, 2.24) is 5.06 Å². The predicted molar refractivity (Wildman–Crippen MR) is 62.0 cm³/mol. The Balaban J connectivity index is 3.84. The summed E-state index contributed by atoms with van der Waals surface area (Å²) in [6.45, 7) is 16.2. The number of hydrogen-bond donors (Lipinski definition) is 0. The molecule has 86 valence electrons. The molecule has 0 heterocycles. The van der Waals surface area contributed by atoms with Crippen LogP contribution in [0.3, 0.4) is 0 Å². The molecule has 0 unspecified atom stereocenters. The molecule has 0 aliphatic heterocycles. The molecule has 0 saturated carbocycles. The van der Waals surface area contributed by atoms with Gasteiger partial charge in [0.05, 0.1) is 6.61 Å². The molecule has 0 radical (unpaired) electrons. The van der Waals surface area contributed by atoms with E-state index in [4.69, 9.17) is 4.84 Å². The van der Waals surface area contributed by atoms with Gasteiger partial charge in [0.15, 0.2) is 0 Å². The first-order chi connectivity index (χ1) is 6.41. The summed E-state index contributed by atoms with van der Waals surface area (Å²) in [5, 5.41) is 2.12. The highest BCUT2D eigenvalue weighted by Gasteiger charge is 2.10. The van der Waals surface area contributed by atoms with E-state index in [1.54, 1.807) is 0 Å². The van der Waals surface area contributed by atoms with Crippen LogP contribution in [0.25, 0.3) is 0 Å². The van der Waals surface area contributed by atoms with Gasteiger partial charge in [0.25, 0.3) is 0 Å². The van der Waals surface area contributed by atoms with Crippen molar-refractivity contribution in [3.8, 4) is 0 Å². The van der Waals surface area contributed by atoms with Crippen molar-refractivity contribution >= 4 is 0 Å². The highest BCUT2D eigenvalue weighted by Crippen LogP contribution is 2.06. The van der Waals surface area contributed by atoms with Crippen molar-refractivity contribution in [3.05, 3.63) is 0 Å². The lowest BCUT2D eigenvalue weighted by atomic mass is 10.2. The van der Waals surface area contributed by atoms with Crippen LogP contribution < -0.4 is 0 Å². The fraction of sp³-hybridized carbons (Fsp3) is 1.00. The van der Waals surface area contributed by atoms with Crippen LogP contribution in [0, 0.1) is 17.8 Å². The van der Waals surface area contributed by atoms with Gasteiger partial charge < -0.3 is 0 Å². The van der Waals surface area contributed by atoms with Gasteiger partial charge in [-0.15, -0.1) is 0 Å². The van der Waals surface area contributed by atoms with Gasteiger partial charge in [0, 0.05) is 13.1 Å². The summed E-state index contributed by atoms with van der Waals surface area (Å²) in [7, 11) is 0. The lowest BCUT2D eigenvalue weighted by molar-refractivity contribution is -0.177. The van der Waals surface area contributed by atoms with E-state index in [1.807, 2.05) is 0 Å². The minimum absolute atomic E-state index is 0.608. The average Bonchev–Trinajstić information content (AvgIpc) is 1.97. The summed E-state index contributed by atoms with van der Waals surface area (Å²) in [4.78, 5) is 5.76. The second-order valence-corrected chi connectivity index (χ2v) is 5.32. The Bertz CT molecular complexity index is 122. The maximum absolute atomic E-state index is 5.76. The lowest BCUT2D eigenvalue weighted by Crippen LogP contribution is -2.32. The summed E-state index contributed by atoms with van der Waals surface area (Å²) in [5.41, 5.74) is 0. The van der Waals surface area contributed by atoms with E-state index >= 15 is 0 Å². The van der Waals surface area contributed by atoms with Gasteiger partial charge in [-0.1, -0.05) is 41.5 Å². The molecule has 0 amide bonds. The number of hydroxylamine groups is 2.